The predicted molar refractivity (Wildman–Crippen MR) is 139 cm³/mol. The van der Waals surface area contributed by atoms with E-state index >= 15 is 0 Å². The van der Waals surface area contributed by atoms with Gasteiger partial charge in [0.2, 0.25) is 0 Å². The first-order valence-electron chi connectivity index (χ1n) is 12.1. The molecule has 1 aliphatic heterocycles. The van der Waals surface area contributed by atoms with Crippen LogP contribution in [0.3, 0.4) is 0 Å². The lowest BCUT2D eigenvalue weighted by atomic mass is 10.1. The van der Waals surface area contributed by atoms with Gasteiger partial charge in [-0.3, -0.25) is 14.9 Å². The molecule has 0 radical (unpaired) electrons. The van der Waals surface area contributed by atoms with Gasteiger partial charge in [0.25, 0.3) is 11.6 Å². The molecule has 9 heteroatoms. The van der Waals surface area contributed by atoms with Crippen LogP contribution in [0.2, 0.25) is 0 Å². The van der Waals surface area contributed by atoms with E-state index in [1.54, 1.807) is 14.0 Å². The van der Waals surface area contributed by atoms with E-state index in [1.165, 1.54) is 23.1 Å². The van der Waals surface area contributed by atoms with Gasteiger partial charge in [-0.25, -0.2) is 4.79 Å². The lowest BCUT2D eigenvalue weighted by Gasteiger charge is -2.34. The van der Waals surface area contributed by atoms with Crippen LogP contribution in [-0.4, -0.2) is 73.5 Å². The Kier molecular flexibility index (Phi) is 9.22. The number of allylic oxidation sites excluding steroid dienone is 1. The molecule has 0 N–H and O–H groups in total. The number of rotatable bonds is 10. The number of aryl methyl sites for hydroxylation is 2. The van der Waals surface area contributed by atoms with Crippen molar-refractivity contribution in [3.05, 3.63) is 68.9 Å². The van der Waals surface area contributed by atoms with E-state index in [0.717, 1.165) is 50.3 Å². The van der Waals surface area contributed by atoms with Gasteiger partial charge in [0.15, 0.2) is 0 Å². The summed E-state index contributed by atoms with van der Waals surface area (Å²) >= 11 is 0. The number of carbonyl (C=O) groups excluding carboxylic acids is 2. The van der Waals surface area contributed by atoms with Gasteiger partial charge >= 0.3 is 0 Å². The number of ether oxygens (including phenoxy) is 1. The van der Waals surface area contributed by atoms with Gasteiger partial charge in [0, 0.05) is 50.4 Å². The van der Waals surface area contributed by atoms with Crippen molar-refractivity contribution in [2.24, 2.45) is 0 Å². The Hall–Kier alpha value is -3.68. The number of carbonyl (C=O) groups is 1. The summed E-state index contributed by atoms with van der Waals surface area (Å²) in [6.07, 6.45) is 2.22. The number of likely N-dealkylation sites (N-methyl/N-ethyl adjacent to an activating group) is 1. The fraction of sp³-hybridized carbons (Fsp3) is 0.444. The number of nitrogens with zero attached hydrogens (tertiary/aromatic N) is 4. The molecule has 1 fully saturated rings. The number of hydrogen-bond donors (Lipinski definition) is 0. The molecule has 0 atom stereocenters. The van der Waals surface area contributed by atoms with E-state index in [0.29, 0.717) is 35.6 Å². The Morgan fingerprint density at radius 2 is 1.83 bits per heavy atom. The van der Waals surface area contributed by atoms with E-state index in [2.05, 4.69) is 22.8 Å². The van der Waals surface area contributed by atoms with Crippen LogP contribution in [0.5, 0.6) is 5.75 Å². The van der Waals surface area contributed by atoms with Gasteiger partial charge in [-0.15, -0.1) is 0 Å². The largest absolute Gasteiger partial charge is 0.491 e. The zero-order chi connectivity index (χ0) is 26.2. The van der Waals surface area contributed by atoms with Crippen molar-refractivity contribution < 1.29 is 19.2 Å². The summed E-state index contributed by atoms with van der Waals surface area (Å²) in [6.45, 7) is 7.59. The smallest absolute Gasteiger partial charge is 0.272 e. The summed E-state index contributed by atoms with van der Waals surface area (Å²) in [5.41, 5.74) is 3.12. The lowest BCUT2D eigenvalue weighted by molar-refractivity contribution is -0.385. The maximum atomic E-state index is 13.1. The number of piperazine rings is 1. The van der Waals surface area contributed by atoms with Gasteiger partial charge in [-0.2, -0.15) is 0 Å². The Labute approximate surface area is 212 Å². The van der Waals surface area contributed by atoms with E-state index in [-0.39, 0.29) is 11.6 Å². The molecule has 9 nitrogen and oxygen atoms in total. The van der Waals surface area contributed by atoms with Gasteiger partial charge in [-0.05, 0) is 70.0 Å². The number of hydrogen-bond acceptors (Lipinski definition) is 7. The zero-order valence-electron chi connectivity index (χ0n) is 21.5. The highest BCUT2D eigenvalue weighted by Crippen LogP contribution is 2.31. The molecule has 36 heavy (non-hydrogen) atoms. The monoisotopic (exact) mass is 494 g/mol. The van der Waals surface area contributed by atoms with Gasteiger partial charge in [0.1, 0.15) is 11.7 Å². The van der Waals surface area contributed by atoms with Crippen LogP contribution in [0.4, 0.5) is 11.4 Å². The summed E-state index contributed by atoms with van der Waals surface area (Å²) in [4.78, 5) is 41.1. The topological polar surface area (TPSA) is 96.2 Å². The Morgan fingerprint density at radius 3 is 2.47 bits per heavy atom. The van der Waals surface area contributed by atoms with Crippen molar-refractivity contribution in [2.75, 3.05) is 51.8 Å². The van der Waals surface area contributed by atoms with Crippen LogP contribution in [0.1, 0.15) is 40.7 Å². The molecule has 1 saturated heterocycles. The maximum absolute atomic E-state index is 13.1. The van der Waals surface area contributed by atoms with E-state index in [9.17, 15) is 19.7 Å². The molecule has 2 aromatic rings. The third kappa shape index (κ3) is 6.71. The highest BCUT2D eigenvalue weighted by atomic mass is 16.6. The number of anilines is 1. The third-order valence-corrected chi connectivity index (χ3v) is 6.49. The summed E-state index contributed by atoms with van der Waals surface area (Å²) in [6, 6.07) is 9.99. The second-order valence-electron chi connectivity index (χ2n) is 9.24. The molecule has 0 unspecified atom stereocenters. The first-order valence-corrected chi connectivity index (χ1v) is 12.1. The van der Waals surface area contributed by atoms with Crippen molar-refractivity contribution in [3.8, 4) is 5.75 Å². The first-order chi connectivity index (χ1) is 17.2. The first kappa shape index (κ1) is 26.9. The fourth-order valence-electron chi connectivity index (χ4n) is 4.24. The van der Waals surface area contributed by atoms with Crippen LogP contribution < -0.4 is 9.64 Å². The average molecular weight is 495 g/mol. The van der Waals surface area contributed by atoms with Crippen molar-refractivity contribution in [2.45, 2.75) is 33.1 Å². The van der Waals surface area contributed by atoms with E-state index < -0.39 is 4.92 Å². The van der Waals surface area contributed by atoms with Crippen molar-refractivity contribution in [3.63, 3.8) is 0 Å². The minimum absolute atomic E-state index is 0.0197. The minimum Gasteiger partial charge on any atom is -0.491 e. The second-order valence-corrected chi connectivity index (χ2v) is 9.24. The van der Waals surface area contributed by atoms with Gasteiger partial charge in [-0.1, -0.05) is 6.07 Å². The summed E-state index contributed by atoms with van der Waals surface area (Å²) < 4.78 is 6.06. The van der Waals surface area contributed by atoms with Crippen LogP contribution in [0.15, 0.2) is 42.1 Å². The summed E-state index contributed by atoms with van der Waals surface area (Å²) in [5.74, 6) is 2.43. The molecule has 0 spiro atoms. The maximum Gasteiger partial charge on any atom is 0.272 e. The molecule has 192 valence electrons. The molecule has 0 saturated carbocycles. The standard InChI is InChI=1S/C27H34N4O5/c1-20-8-10-25(29(4)27(33)22-9-11-24(31(34)35)21(2)18-22)26(17-20)36-16-6-5-7-23(19-32)30-14-12-28(3)13-15-30/h8-11,17-18H,5-7,12-16H2,1-4H3. The molecule has 2 aromatic carbocycles. The molecule has 3 rings (SSSR count). The molecular formula is C27H34N4O5. The third-order valence-electron chi connectivity index (χ3n) is 6.49. The summed E-state index contributed by atoms with van der Waals surface area (Å²) in [7, 11) is 3.74. The van der Waals surface area contributed by atoms with Gasteiger partial charge < -0.3 is 19.4 Å². The molecule has 0 bridgehead atoms. The van der Waals surface area contributed by atoms with Gasteiger partial charge in [0.05, 0.1) is 22.9 Å². The van der Waals surface area contributed by atoms with Crippen LogP contribution >= 0.6 is 0 Å². The Balaban J connectivity index is 1.60. The van der Waals surface area contributed by atoms with Crippen molar-refractivity contribution in [1.29, 1.82) is 0 Å². The van der Waals surface area contributed by atoms with Crippen molar-refractivity contribution >= 4 is 23.2 Å². The van der Waals surface area contributed by atoms with E-state index in [4.69, 9.17) is 4.74 Å². The molecule has 1 heterocycles. The number of amides is 1. The highest BCUT2D eigenvalue weighted by Gasteiger charge is 2.21. The average Bonchev–Trinajstić information content (AvgIpc) is 2.86. The predicted octanol–water partition coefficient (Wildman–Crippen LogP) is 4.00. The SMILES string of the molecule is Cc1ccc(N(C)C(=O)c2ccc([N+](=O)[O-])c(C)c2)c(OCCCCC(=C=O)N2CCN(C)CC2)c1. The molecular weight excluding hydrogens is 460 g/mol. The fourth-order valence-corrected chi connectivity index (χ4v) is 4.24. The summed E-state index contributed by atoms with van der Waals surface area (Å²) in [5, 5.41) is 11.1. The van der Waals surface area contributed by atoms with Crippen molar-refractivity contribution in [1.82, 2.24) is 9.80 Å². The Morgan fingerprint density at radius 1 is 1.11 bits per heavy atom. The van der Waals surface area contributed by atoms with Crippen LogP contribution in [0.25, 0.3) is 0 Å². The zero-order valence-corrected chi connectivity index (χ0v) is 21.5. The lowest BCUT2D eigenvalue weighted by Crippen LogP contribution is -2.44. The van der Waals surface area contributed by atoms with Crippen LogP contribution in [-0.2, 0) is 4.79 Å². The second kappa shape index (κ2) is 12.3. The Bertz CT molecular complexity index is 1150. The number of nitro benzene ring substituents is 1. The quantitative estimate of drug-likeness (QED) is 0.213. The van der Waals surface area contributed by atoms with E-state index in [1.807, 2.05) is 25.1 Å². The molecule has 1 amide bonds. The molecule has 0 aliphatic carbocycles. The normalized spacial score (nSPS) is 13.7. The van der Waals surface area contributed by atoms with Crippen LogP contribution in [0, 0.1) is 24.0 Å². The number of unbranched alkanes of at least 4 members (excludes halogenated alkanes) is 1. The highest BCUT2D eigenvalue weighted by molar-refractivity contribution is 6.06. The molecule has 0 aromatic heterocycles. The number of nitro groups is 1. The minimum atomic E-state index is -0.460. The number of benzene rings is 2. The molecule has 1 aliphatic rings.